The number of hydrogen-bond donors (Lipinski definition) is 0. The Balaban J connectivity index is 3.46. The summed E-state index contributed by atoms with van der Waals surface area (Å²) in [6, 6.07) is 2.17. The summed E-state index contributed by atoms with van der Waals surface area (Å²) in [4.78, 5) is 3.38. The summed E-state index contributed by atoms with van der Waals surface area (Å²) in [5, 5.41) is -0.816. The molecule has 0 atom stereocenters. The molecule has 0 N–H and O–H groups in total. The summed E-state index contributed by atoms with van der Waals surface area (Å²) in [6.07, 6.45) is -2.93. The molecule has 0 amide bonds. The third-order valence-electron chi connectivity index (χ3n) is 1.32. The molecule has 1 aromatic heterocycles. The maximum absolute atomic E-state index is 12.3. The number of pyridine rings is 1. The summed E-state index contributed by atoms with van der Waals surface area (Å²) in [5.41, 5.74) is -0.705. The van der Waals surface area contributed by atoms with E-state index in [4.69, 9.17) is 10.7 Å². The zero-order valence-electron chi connectivity index (χ0n) is 6.42. The van der Waals surface area contributed by atoms with Gasteiger partial charge in [0, 0.05) is 10.7 Å². The topological polar surface area (TPSA) is 47.0 Å². The van der Waals surface area contributed by atoms with Crippen LogP contribution in [0.2, 0.25) is 0 Å². The first kappa shape index (κ1) is 11.8. The minimum atomic E-state index is -4.25. The fourth-order valence-electron chi connectivity index (χ4n) is 0.790. The second-order valence-corrected chi connectivity index (χ2v) is 5.56. The molecule has 0 aromatic carbocycles. The van der Waals surface area contributed by atoms with Gasteiger partial charge in [0.25, 0.3) is 15.5 Å². The molecule has 1 aromatic rings. The Labute approximate surface area is 91.6 Å². The van der Waals surface area contributed by atoms with Crippen molar-refractivity contribution in [3.05, 3.63) is 22.3 Å². The third kappa shape index (κ3) is 2.61. The first-order chi connectivity index (χ1) is 6.32. The van der Waals surface area contributed by atoms with Gasteiger partial charge in [-0.3, -0.25) is 0 Å². The van der Waals surface area contributed by atoms with Gasteiger partial charge in [0.05, 0.1) is 5.56 Å². The van der Waals surface area contributed by atoms with Crippen molar-refractivity contribution >= 4 is 35.7 Å². The van der Waals surface area contributed by atoms with Crippen molar-refractivity contribution in [3.63, 3.8) is 0 Å². The van der Waals surface area contributed by atoms with Crippen molar-refractivity contribution in [2.75, 3.05) is 0 Å². The molecule has 1 heterocycles. The number of halogens is 4. The molecule has 0 aliphatic rings. The molecule has 0 radical (unpaired) electrons. The van der Waals surface area contributed by atoms with Crippen LogP contribution >= 0.6 is 26.6 Å². The lowest BCUT2D eigenvalue weighted by atomic mass is 10.3. The second-order valence-electron chi connectivity index (χ2n) is 2.27. The number of rotatable bonds is 2. The second kappa shape index (κ2) is 4.08. The van der Waals surface area contributed by atoms with Gasteiger partial charge in [0.1, 0.15) is 4.60 Å². The predicted octanol–water partition coefficient (Wildman–Crippen LogP) is 2.71. The van der Waals surface area contributed by atoms with Crippen LogP contribution in [0.4, 0.5) is 8.78 Å². The van der Waals surface area contributed by atoms with E-state index in [9.17, 15) is 17.2 Å². The van der Waals surface area contributed by atoms with Gasteiger partial charge in [0.2, 0.25) is 0 Å². The fourth-order valence-corrected chi connectivity index (χ4v) is 2.23. The van der Waals surface area contributed by atoms with Gasteiger partial charge < -0.3 is 0 Å². The number of hydrogen-bond acceptors (Lipinski definition) is 3. The first-order valence-corrected chi connectivity index (χ1v) is 6.32. The molecular weight excluding hydrogens is 303 g/mol. The highest BCUT2D eigenvalue weighted by Gasteiger charge is 2.23. The molecule has 0 bridgehead atoms. The summed E-state index contributed by atoms with van der Waals surface area (Å²) >= 11 is 2.86. The van der Waals surface area contributed by atoms with Gasteiger partial charge in [-0.05, 0) is 28.1 Å². The zero-order valence-corrected chi connectivity index (χ0v) is 9.57. The van der Waals surface area contributed by atoms with E-state index in [1.54, 1.807) is 0 Å². The van der Waals surface area contributed by atoms with E-state index in [2.05, 4.69) is 20.9 Å². The lowest BCUT2D eigenvalue weighted by molar-refractivity contribution is 0.147. The molecule has 8 heteroatoms. The van der Waals surface area contributed by atoms with Crippen molar-refractivity contribution in [3.8, 4) is 0 Å². The van der Waals surface area contributed by atoms with Crippen LogP contribution in [-0.4, -0.2) is 13.4 Å². The van der Waals surface area contributed by atoms with Gasteiger partial charge in [-0.25, -0.2) is 22.2 Å². The van der Waals surface area contributed by atoms with Crippen LogP contribution < -0.4 is 0 Å². The summed E-state index contributed by atoms with van der Waals surface area (Å²) in [7, 11) is 0.685. The van der Waals surface area contributed by atoms with Gasteiger partial charge in [-0.1, -0.05) is 0 Å². The molecule has 0 unspecified atom stereocenters. The average molecular weight is 307 g/mol. The molecule has 78 valence electrons. The highest BCUT2D eigenvalue weighted by Crippen LogP contribution is 2.28. The van der Waals surface area contributed by atoms with Gasteiger partial charge in [-0.15, -0.1) is 0 Å². The molecule has 3 nitrogen and oxygen atoms in total. The Morgan fingerprint density at radius 3 is 2.43 bits per heavy atom. The Morgan fingerprint density at radius 1 is 1.43 bits per heavy atom. The Hall–Kier alpha value is -0.270. The summed E-state index contributed by atoms with van der Waals surface area (Å²) < 4.78 is 46.5. The van der Waals surface area contributed by atoms with E-state index in [1.165, 1.54) is 6.07 Å². The number of alkyl halides is 2. The van der Waals surface area contributed by atoms with Crippen LogP contribution in [0.25, 0.3) is 0 Å². The largest absolute Gasteiger partial charge is 0.279 e. The van der Waals surface area contributed by atoms with Crippen LogP contribution in [0, 0.1) is 0 Å². The molecule has 0 spiro atoms. The molecule has 0 aliphatic carbocycles. The van der Waals surface area contributed by atoms with Crippen molar-refractivity contribution in [1.82, 2.24) is 4.98 Å². The van der Waals surface area contributed by atoms with E-state index in [0.29, 0.717) is 0 Å². The SMILES string of the molecule is O=S(=O)(Cl)c1nc(Br)ccc1C(F)F. The Kier molecular flexibility index (Phi) is 3.44. The fraction of sp³-hybridized carbons (Fsp3) is 0.167. The maximum atomic E-state index is 12.3. The van der Waals surface area contributed by atoms with Crippen molar-refractivity contribution in [2.24, 2.45) is 0 Å². The molecule has 14 heavy (non-hydrogen) atoms. The first-order valence-electron chi connectivity index (χ1n) is 3.21. The molecular formula is C6H3BrClF2NO2S. The Morgan fingerprint density at radius 2 is 2.00 bits per heavy atom. The quantitative estimate of drug-likeness (QED) is 0.623. The third-order valence-corrected chi connectivity index (χ3v) is 2.99. The van der Waals surface area contributed by atoms with Gasteiger partial charge in [-0.2, -0.15) is 0 Å². The van der Waals surface area contributed by atoms with Crippen molar-refractivity contribution in [2.45, 2.75) is 11.5 Å². The van der Waals surface area contributed by atoms with Gasteiger partial charge >= 0.3 is 0 Å². The highest BCUT2D eigenvalue weighted by molar-refractivity contribution is 9.10. The predicted molar refractivity (Wildman–Crippen MR) is 49.9 cm³/mol. The normalized spacial score (nSPS) is 12.1. The van der Waals surface area contributed by atoms with Crippen LogP contribution in [0.15, 0.2) is 21.8 Å². The Bertz CT molecular complexity index is 451. The van der Waals surface area contributed by atoms with E-state index in [-0.39, 0.29) is 4.60 Å². The standard InChI is InChI=1S/C6H3BrClF2NO2S/c7-4-2-1-3(5(9)10)6(11-4)14(8,12)13/h1-2,5H. The molecule has 0 saturated carbocycles. The highest BCUT2D eigenvalue weighted by atomic mass is 79.9. The number of aromatic nitrogens is 1. The lowest BCUT2D eigenvalue weighted by Gasteiger charge is -2.04. The minimum Gasteiger partial charge on any atom is -0.228 e. The number of nitrogens with zero attached hydrogens (tertiary/aromatic N) is 1. The minimum absolute atomic E-state index is 0.126. The van der Waals surface area contributed by atoms with E-state index >= 15 is 0 Å². The summed E-state index contributed by atoms with van der Waals surface area (Å²) in [6.45, 7) is 0. The van der Waals surface area contributed by atoms with Crippen LogP contribution in [0.3, 0.4) is 0 Å². The van der Waals surface area contributed by atoms with Gasteiger partial charge in [0.15, 0.2) is 5.03 Å². The molecule has 0 saturated heterocycles. The molecule has 0 aliphatic heterocycles. The maximum Gasteiger partial charge on any atom is 0.279 e. The van der Waals surface area contributed by atoms with E-state index in [1.807, 2.05) is 0 Å². The monoisotopic (exact) mass is 305 g/mol. The lowest BCUT2D eigenvalue weighted by Crippen LogP contribution is -2.02. The van der Waals surface area contributed by atoms with E-state index in [0.717, 1.165) is 6.07 Å². The van der Waals surface area contributed by atoms with Crippen molar-refractivity contribution < 1.29 is 17.2 Å². The van der Waals surface area contributed by atoms with Crippen LogP contribution in [0.1, 0.15) is 12.0 Å². The zero-order chi connectivity index (χ0) is 10.9. The van der Waals surface area contributed by atoms with E-state index < -0.39 is 26.1 Å². The van der Waals surface area contributed by atoms with Crippen LogP contribution in [-0.2, 0) is 9.05 Å². The van der Waals surface area contributed by atoms with Crippen LogP contribution in [0.5, 0.6) is 0 Å². The average Bonchev–Trinajstić information content (AvgIpc) is 2.01. The summed E-state index contributed by atoms with van der Waals surface area (Å²) in [5.74, 6) is 0. The molecule has 0 fully saturated rings. The van der Waals surface area contributed by atoms with Crippen molar-refractivity contribution in [1.29, 1.82) is 0 Å². The molecule has 1 rings (SSSR count). The smallest absolute Gasteiger partial charge is 0.228 e.